The Morgan fingerprint density at radius 3 is 2.52 bits per heavy atom. The summed E-state index contributed by atoms with van der Waals surface area (Å²) in [6.45, 7) is 7.77. The van der Waals surface area contributed by atoms with Crippen molar-refractivity contribution in [2.75, 3.05) is 4.90 Å². The molecule has 0 N–H and O–H groups in total. The van der Waals surface area contributed by atoms with Gasteiger partial charge in [-0.3, -0.25) is 9.69 Å². The summed E-state index contributed by atoms with van der Waals surface area (Å²) in [7, 11) is 0. The minimum Gasteiger partial charge on any atom is -0.274 e. The van der Waals surface area contributed by atoms with Crippen LogP contribution < -0.4 is 4.90 Å². The van der Waals surface area contributed by atoms with Gasteiger partial charge in [0.1, 0.15) is 10.9 Å². The van der Waals surface area contributed by atoms with Crippen molar-refractivity contribution < 1.29 is 4.79 Å². The lowest BCUT2D eigenvalue weighted by atomic mass is 10.0. The van der Waals surface area contributed by atoms with E-state index >= 15 is 0 Å². The van der Waals surface area contributed by atoms with Gasteiger partial charge in [-0.1, -0.05) is 47.7 Å². The lowest BCUT2D eigenvalue weighted by Crippen LogP contribution is -2.24. The van der Waals surface area contributed by atoms with Gasteiger partial charge in [-0.05, 0) is 50.8 Å². The first kappa shape index (κ1) is 22.0. The number of rotatable bonds is 6. The molecule has 5 rings (SSSR count). The van der Waals surface area contributed by atoms with Crippen LogP contribution in [0.3, 0.4) is 0 Å². The van der Waals surface area contributed by atoms with Crippen LogP contribution in [0.2, 0.25) is 0 Å². The molecule has 0 unspecified atom stereocenters. The summed E-state index contributed by atoms with van der Waals surface area (Å²) in [5.41, 5.74) is 6.23. The first-order chi connectivity index (χ1) is 15.9. The highest BCUT2D eigenvalue weighted by Crippen LogP contribution is 2.40. The number of thioether (sulfide) groups is 1. The maximum absolute atomic E-state index is 12.6. The number of thiazole rings is 1. The second kappa shape index (κ2) is 8.88. The summed E-state index contributed by atoms with van der Waals surface area (Å²) in [6, 6.07) is 12.4. The Morgan fingerprint density at radius 2 is 1.82 bits per heavy atom. The topological polar surface area (TPSA) is 59.0 Å². The highest BCUT2D eigenvalue weighted by Gasteiger charge is 2.28. The van der Waals surface area contributed by atoms with Gasteiger partial charge in [0.2, 0.25) is 5.91 Å². The van der Waals surface area contributed by atoms with Crippen molar-refractivity contribution in [1.82, 2.24) is 15.0 Å². The fraction of sp³-hybridized carbons (Fsp3) is 0.308. The molecule has 0 saturated heterocycles. The van der Waals surface area contributed by atoms with Gasteiger partial charge in [0, 0.05) is 29.4 Å². The third-order valence-electron chi connectivity index (χ3n) is 5.79. The Labute approximate surface area is 202 Å². The van der Waals surface area contributed by atoms with E-state index in [1.165, 1.54) is 29.7 Å². The molecule has 1 amide bonds. The lowest BCUT2D eigenvalue weighted by molar-refractivity contribution is -0.115. The van der Waals surface area contributed by atoms with Gasteiger partial charge in [-0.15, -0.1) is 11.3 Å². The van der Waals surface area contributed by atoms with Gasteiger partial charge in [-0.2, -0.15) is 0 Å². The molecule has 1 saturated carbocycles. The maximum Gasteiger partial charge on any atom is 0.230 e. The number of para-hydroxylation sites is 1. The zero-order valence-corrected chi connectivity index (χ0v) is 20.9. The number of aryl methyl sites for hydroxylation is 3. The molecule has 0 bridgehead atoms. The molecule has 33 heavy (non-hydrogen) atoms. The van der Waals surface area contributed by atoms with Crippen molar-refractivity contribution in [3.05, 3.63) is 70.0 Å². The molecule has 0 radical (unpaired) electrons. The molecule has 5 nitrogen and oxygen atoms in total. The first-order valence-corrected chi connectivity index (χ1v) is 13.0. The zero-order chi connectivity index (χ0) is 23.1. The van der Waals surface area contributed by atoms with E-state index in [4.69, 9.17) is 15.0 Å². The van der Waals surface area contributed by atoms with E-state index in [0.29, 0.717) is 16.8 Å². The number of hydrogen-bond donors (Lipinski definition) is 0. The summed E-state index contributed by atoms with van der Waals surface area (Å²) >= 11 is 3.20. The fourth-order valence-electron chi connectivity index (χ4n) is 4.22. The molecule has 4 aromatic rings. The number of anilines is 2. The number of aromatic nitrogens is 3. The summed E-state index contributed by atoms with van der Waals surface area (Å²) in [5, 5.41) is 4.84. The molecule has 1 aliphatic carbocycles. The van der Waals surface area contributed by atoms with Crippen molar-refractivity contribution in [2.45, 2.75) is 57.2 Å². The predicted molar refractivity (Wildman–Crippen MR) is 137 cm³/mol. The molecule has 168 valence electrons. The molecule has 0 atom stereocenters. The van der Waals surface area contributed by atoms with Gasteiger partial charge in [0.25, 0.3) is 0 Å². The molecule has 2 aromatic heterocycles. The summed E-state index contributed by atoms with van der Waals surface area (Å²) in [5.74, 6) is 2.13. The number of carbonyl (C=O) groups excluding carboxylic acids is 1. The van der Waals surface area contributed by atoms with E-state index in [1.54, 1.807) is 23.6 Å². The van der Waals surface area contributed by atoms with Crippen molar-refractivity contribution in [2.24, 2.45) is 0 Å². The molecular formula is C26H26N4OS2. The Balaban J connectivity index is 1.42. The zero-order valence-electron chi connectivity index (χ0n) is 19.3. The SMILES string of the molecule is CC(=O)N(c1nc(CSc2nc(C3CC3)nc3ccccc23)cs1)c1c(C)cc(C)cc1C. The normalized spacial score (nSPS) is 13.5. The van der Waals surface area contributed by atoms with Gasteiger partial charge < -0.3 is 0 Å². The van der Waals surface area contributed by atoms with Crippen LogP contribution in [0.25, 0.3) is 10.9 Å². The molecule has 2 heterocycles. The second-order valence-electron chi connectivity index (χ2n) is 8.69. The van der Waals surface area contributed by atoms with Crippen LogP contribution in [0.1, 0.15) is 53.9 Å². The fourth-order valence-corrected chi connectivity index (χ4v) is 6.12. The molecule has 2 aromatic carbocycles. The van der Waals surface area contributed by atoms with Crippen molar-refractivity contribution in [3.8, 4) is 0 Å². The Kier molecular flexibility index (Phi) is 5.93. The Bertz CT molecular complexity index is 1340. The predicted octanol–water partition coefficient (Wildman–Crippen LogP) is 6.87. The average molecular weight is 475 g/mol. The Hall–Kier alpha value is -2.77. The number of nitrogens with zero attached hydrogens (tertiary/aromatic N) is 4. The molecule has 7 heteroatoms. The van der Waals surface area contributed by atoms with E-state index in [2.05, 4.69) is 31.2 Å². The van der Waals surface area contributed by atoms with Crippen LogP contribution >= 0.6 is 23.1 Å². The number of benzene rings is 2. The number of carbonyl (C=O) groups is 1. The van der Waals surface area contributed by atoms with Gasteiger partial charge in [-0.25, -0.2) is 15.0 Å². The highest BCUT2D eigenvalue weighted by atomic mass is 32.2. The van der Waals surface area contributed by atoms with Crippen LogP contribution in [0.15, 0.2) is 46.8 Å². The van der Waals surface area contributed by atoms with Crippen molar-refractivity contribution >= 4 is 50.7 Å². The van der Waals surface area contributed by atoms with E-state index in [9.17, 15) is 4.79 Å². The number of amides is 1. The van der Waals surface area contributed by atoms with E-state index in [0.717, 1.165) is 44.3 Å². The van der Waals surface area contributed by atoms with Crippen molar-refractivity contribution in [1.29, 1.82) is 0 Å². The van der Waals surface area contributed by atoms with Crippen LogP contribution in [0.5, 0.6) is 0 Å². The van der Waals surface area contributed by atoms with Gasteiger partial charge in [0.05, 0.1) is 16.9 Å². The molecule has 0 spiro atoms. The van der Waals surface area contributed by atoms with Crippen molar-refractivity contribution in [3.63, 3.8) is 0 Å². The minimum absolute atomic E-state index is 0.0329. The van der Waals surface area contributed by atoms with Gasteiger partial charge >= 0.3 is 0 Å². The van der Waals surface area contributed by atoms with E-state index in [-0.39, 0.29) is 5.91 Å². The van der Waals surface area contributed by atoms with Crippen LogP contribution in [-0.2, 0) is 10.5 Å². The largest absolute Gasteiger partial charge is 0.274 e. The maximum atomic E-state index is 12.6. The molecule has 0 aliphatic heterocycles. The number of fused-ring (bicyclic) bond motifs is 1. The highest BCUT2D eigenvalue weighted by molar-refractivity contribution is 7.98. The summed E-state index contributed by atoms with van der Waals surface area (Å²) < 4.78 is 0. The molecule has 1 aliphatic rings. The third-order valence-corrected chi connectivity index (χ3v) is 7.69. The first-order valence-electron chi connectivity index (χ1n) is 11.1. The number of hydrogen-bond acceptors (Lipinski definition) is 6. The smallest absolute Gasteiger partial charge is 0.230 e. The average Bonchev–Trinajstić information content (AvgIpc) is 3.53. The quantitative estimate of drug-likeness (QED) is 0.225. The van der Waals surface area contributed by atoms with Crippen LogP contribution in [0.4, 0.5) is 10.8 Å². The molecule has 1 fully saturated rings. The van der Waals surface area contributed by atoms with Gasteiger partial charge in [0.15, 0.2) is 5.13 Å². The molecular weight excluding hydrogens is 448 g/mol. The lowest BCUT2D eigenvalue weighted by Gasteiger charge is -2.23. The van der Waals surface area contributed by atoms with E-state index < -0.39 is 0 Å². The second-order valence-corrected chi connectivity index (χ2v) is 10.5. The summed E-state index contributed by atoms with van der Waals surface area (Å²) in [4.78, 5) is 28.9. The van der Waals surface area contributed by atoms with Crippen LogP contribution in [0, 0.1) is 20.8 Å². The Morgan fingerprint density at radius 1 is 1.09 bits per heavy atom. The van der Waals surface area contributed by atoms with Crippen LogP contribution in [-0.4, -0.2) is 20.9 Å². The monoisotopic (exact) mass is 474 g/mol. The van der Waals surface area contributed by atoms with E-state index in [1.807, 2.05) is 31.4 Å². The standard InChI is InChI=1S/C26H26N4OS2/c1-15-11-16(2)23(17(3)12-15)30(18(4)31)26-27-20(14-33-26)13-32-25-21-7-5-6-8-22(21)28-24(29-25)19-9-10-19/h5-8,11-12,14,19H,9-10,13H2,1-4H3. The minimum atomic E-state index is -0.0329. The third kappa shape index (κ3) is 4.52. The summed E-state index contributed by atoms with van der Waals surface area (Å²) in [6.07, 6.45) is 2.35.